The molecule has 20 heavy (non-hydrogen) atoms. The zero-order valence-corrected chi connectivity index (χ0v) is 13.3. The number of nitrogens with two attached hydrogens (primary N) is 1. The molecule has 1 aromatic carbocycles. The van der Waals surface area contributed by atoms with E-state index >= 15 is 0 Å². The molecule has 110 valence electrons. The fraction of sp³-hybridized carbons (Fsp3) is 0.533. The predicted octanol–water partition coefficient (Wildman–Crippen LogP) is 2.49. The highest BCUT2D eigenvalue weighted by Gasteiger charge is 2.38. The average molecular weight is 313 g/mol. The van der Waals surface area contributed by atoms with E-state index in [1.165, 1.54) is 10.5 Å². The Labute approximate surface area is 130 Å². The van der Waals surface area contributed by atoms with Crippen LogP contribution >= 0.6 is 24.2 Å². The van der Waals surface area contributed by atoms with Crippen LogP contribution in [-0.2, 0) is 4.79 Å². The van der Waals surface area contributed by atoms with E-state index in [0.29, 0.717) is 24.4 Å². The molecule has 2 heterocycles. The van der Waals surface area contributed by atoms with Gasteiger partial charge in [0.15, 0.2) is 0 Å². The molecule has 2 aliphatic rings. The highest BCUT2D eigenvalue weighted by Crippen LogP contribution is 2.41. The highest BCUT2D eigenvalue weighted by molar-refractivity contribution is 7.99. The molecule has 5 heteroatoms. The number of fused-ring (bicyclic) bond motifs is 1. The lowest BCUT2D eigenvalue weighted by Crippen LogP contribution is -2.38. The summed E-state index contributed by atoms with van der Waals surface area (Å²) < 4.78 is 0. The van der Waals surface area contributed by atoms with E-state index < -0.39 is 0 Å². The number of thioether (sulfide) groups is 1. The first-order valence-electron chi connectivity index (χ1n) is 6.93. The molecule has 3 nitrogen and oxygen atoms in total. The summed E-state index contributed by atoms with van der Waals surface area (Å²) in [5, 5.41) is 0. The number of rotatable bonds is 2. The number of benzene rings is 1. The van der Waals surface area contributed by atoms with E-state index in [9.17, 15) is 4.79 Å². The second kappa shape index (κ2) is 6.37. The normalized spacial score (nSPS) is 28.1. The summed E-state index contributed by atoms with van der Waals surface area (Å²) in [5.74, 6) is 1.69. The molecule has 3 rings (SSSR count). The lowest BCUT2D eigenvalue weighted by Gasteiger charge is -2.25. The molecule has 0 saturated carbocycles. The van der Waals surface area contributed by atoms with Crippen LogP contribution in [0.1, 0.15) is 24.8 Å². The Hall–Kier alpha value is -0.710. The second-order valence-electron chi connectivity index (χ2n) is 5.58. The number of hydrogen-bond acceptors (Lipinski definition) is 3. The van der Waals surface area contributed by atoms with Crippen molar-refractivity contribution in [2.75, 3.05) is 18.8 Å². The van der Waals surface area contributed by atoms with Crippen molar-refractivity contribution in [3.05, 3.63) is 29.8 Å². The molecule has 2 aliphatic heterocycles. The topological polar surface area (TPSA) is 46.3 Å². The summed E-state index contributed by atoms with van der Waals surface area (Å²) in [6, 6.07) is 8.62. The lowest BCUT2D eigenvalue weighted by atomic mass is 9.99. The molecular formula is C15H21ClN2OS. The van der Waals surface area contributed by atoms with Crippen molar-refractivity contribution < 1.29 is 4.79 Å². The number of carbonyl (C=O) groups excluding carboxylic acids is 1. The van der Waals surface area contributed by atoms with Gasteiger partial charge >= 0.3 is 0 Å². The quantitative estimate of drug-likeness (QED) is 0.912. The maximum atomic E-state index is 12.8. The fourth-order valence-electron chi connectivity index (χ4n) is 3.19. The molecule has 0 aliphatic carbocycles. The predicted molar refractivity (Wildman–Crippen MR) is 85.5 cm³/mol. The molecule has 1 fully saturated rings. The molecule has 2 N–H and O–H groups in total. The monoisotopic (exact) mass is 312 g/mol. The van der Waals surface area contributed by atoms with Crippen LogP contribution in [-0.4, -0.2) is 35.7 Å². The molecule has 1 amide bonds. The van der Waals surface area contributed by atoms with E-state index in [1.807, 2.05) is 17.0 Å². The van der Waals surface area contributed by atoms with Gasteiger partial charge in [0.05, 0.1) is 5.92 Å². The largest absolute Gasteiger partial charge is 0.339 e. The van der Waals surface area contributed by atoms with Crippen molar-refractivity contribution in [1.82, 2.24) is 4.90 Å². The van der Waals surface area contributed by atoms with Crippen molar-refractivity contribution in [2.45, 2.75) is 30.2 Å². The Morgan fingerprint density at radius 2 is 2.20 bits per heavy atom. The van der Waals surface area contributed by atoms with Gasteiger partial charge in [-0.25, -0.2) is 0 Å². The van der Waals surface area contributed by atoms with Crippen LogP contribution < -0.4 is 5.73 Å². The van der Waals surface area contributed by atoms with E-state index in [0.717, 1.165) is 18.7 Å². The van der Waals surface area contributed by atoms with Gasteiger partial charge in [0.25, 0.3) is 0 Å². The van der Waals surface area contributed by atoms with Gasteiger partial charge in [0, 0.05) is 23.2 Å². The van der Waals surface area contributed by atoms with Crippen molar-refractivity contribution in [1.29, 1.82) is 0 Å². The molecule has 3 atom stereocenters. The van der Waals surface area contributed by atoms with E-state index in [-0.39, 0.29) is 18.3 Å². The summed E-state index contributed by atoms with van der Waals surface area (Å²) in [4.78, 5) is 16.1. The van der Waals surface area contributed by atoms with Crippen LogP contribution in [0, 0.1) is 5.92 Å². The van der Waals surface area contributed by atoms with E-state index in [2.05, 4.69) is 19.1 Å². The standard InChI is InChI=1S/C15H20N2OS.ClH/c1-10-6-11(7-16)8-17(10)15(18)13-9-19-14-5-3-2-4-12(13)14;/h2-5,10-11,13H,6-9,16H2,1H3;1H. The third-order valence-electron chi connectivity index (χ3n) is 4.28. The van der Waals surface area contributed by atoms with Gasteiger partial charge < -0.3 is 10.6 Å². The first-order valence-corrected chi connectivity index (χ1v) is 7.91. The zero-order valence-electron chi connectivity index (χ0n) is 11.6. The van der Waals surface area contributed by atoms with Crippen LogP contribution in [0.2, 0.25) is 0 Å². The molecule has 3 unspecified atom stereocenters. The van der Waals surface area contributed by atoms with Crippen molar-refractivity contribution in [3.8, 4) is 0 Å². The van der Waals surface area contributed by atoms with Gasteiger partial charge in [-0.05, 0) is 37.4 Å². The van der Waals surface area contributed by atoms with Gasteiger partial charge in [0.2, 0.25) is 5.91 Å². The summed E-state index contributed by atoms with van der Waals surface area (Å²) >= 11 is 1.80. The first kappa shape index (κ1) is 15.7. The van der Waals surface area contributed by atoms with Gasteiger partial charge in [0.1, 0.15) is 0 Å². The summed E-state index contributed by atoms with van der Waals surface area (Å²) in [5.41, 5.74) is 6.96. The second-order valence-corrected chi connectivity index (χ2v) is 6.64. The lowest BCUT2D eigenvalue weighted by molar-refractivity contribution is -0.132. The number of nitrogens with zero attached hydrogens (tertiary/aromatic N) is 1. The van der Waals surface area contributed by atoms with Crippen LogP contribution in [0.15, 0.2) is 29.2 Å². The number of carbonyl (C=O) groups is 1. The minimum Gasteiger partial charge on any atom is -0.339 e. The van der Waals surface area contributed by atoms with E-state index in [1.54, 1.807) is 11.8 Å². The Kier molecular flexibility index (Phi) is 4.99. The fourth-order valence-corrected chi connectivity index (χ4v) is 4.41. The molecule has 1 saturated heterocycles. The summed E-state index contributed by atoms with van der Waals surface area (Å²) in [6.45, 7) is 3.66. The van der Waals surface area contributed by atoms with E-state index in [4.69, 9.17) is 5.73 Å². The maximum absolute atomic E-state index is 12.8. The number of halogens is 1. The molecular weight excluding hydrogens is 292 g/mol. The highest BCUT2D eigenvalue weighted by atomic mass is 35.5. The Balaban J connectivity index is 0.00000147. The average Bonchev–Trinajstić information content (AvgIpc) is 3.01. The van der Waals surface area contributed by atoms with Crippen molar-refractivity contribution >= 4 is 30.1 Å². The Bertz CT molecular complexity index is 497. The number of hydrogen-bond donors (Lipinski definition) is 1. The van der Waals surface area contributed by atoms with Crippen molar-refractivity contribution in [2.24, 2.45) is 11.7 Å². The van der Waals surface area contributed by atoms with Crippen LogP contribution in [0.3, 0.4) is 0 Å². The molecule has 0 radical (unpaired) electrons. The Morgan fingerprint density at radius 1 is 1.45 bits per heavy atom. The zero-order chi connectivity index (χ0) is 13.4. The maximum Gasteiger partial charge on any atom is 0.231 e. The number of likely N-dealkylation sites (tertiary alicyclic amines) is 1. The third-order valence-corrected chi connectivity index (χ3v) is 5.46. The number of amides is 1. The first-order chi connectivity index (χ1) is 9.20. The third kappa shape index (κ3) is 2.69. The molecule has 0 bridgehead atoms. The summed E-state index contributed by atoms with van der Waals surface area (Å²) in [6.07, 6.45) is 1.05. The Morgan fingerprint density at radius 3 is 2.90 bits per heavy atom. The van der Waals surface area contributed by atoms with Gasteiger partial charge in [-0.1, -0.05) is 18.2 Å². The van der Waals surface area contributed by atoms with Gasteiger partial charge in [-0.2, -0.15) is 0 Å². The molecule has 1 aromatic rings. The molecule has 0 spiro atoms. The minimum absolute atomic E-state index is 0. The van der Waals surface area contributed by atoms with Crippen LogP contribution in [0.25, 0.3) is 0 Å². The smallest absolute Gasteiger partial charge is 0.231 e. The summed E-state index contributed by atoms with van der Waals surface area (Å²) in [7, 11) is 0. The minimum atomic E-state index is 0. The van der Waals surface area contributed by atoms with Crippen LogP contribution in [0.4, 0.5) is 0 Å². The SMILES string of the molecule is CC1CC(CN)CN1C(=O)C1CSc2ccccc21.Cl. The van der Waals surface area contributed by atoms with Gasteiger partial charge in [-0.15, -0.1) is 24.2 Å². The van der Waals surface area contributed by atoms with Crippen LogP contribution in [0.5, 0.6) is 0 Å². The van der Waals surface area contributed by atoms with Gasteiger partial charge in [-0.3, -0.25) is 4.79 Å². The van der Waals surface area contributed by atoms with Crippen molar-refractivity contribution in [3.63, 3.8) is 0 Å². The molecule has 0 aromatic heterocycles.